The Hall–Kier alpha value is -1.35. The number of carbonyl (C=O) groups is 1. The lowest BCUT2D eigenvalue weighted by molar-refractivity contribution is 0.0634. The highest BCUT2D eigenvalue weighted by atomic mass is 16.5. The first-order valence-corrected chi connectivity index (χ1v) is 7.88. The van der Waals surface area contributed by atoms with Gasteiger partial charge in [0.05, 0.1) is 12.6 Å². The van der Waals surface area contributed by atoms with Crippen LogP contribution >= 0.6 is 0 Å². The molecule has 1 aromatic carbocycles. The van der Waals surface area contributed by atoms with Gasteiger partial charge in [0.1, 0.15) is 5.75 Å². The third kappa shape index (κ3) is 3.13. The van der Waals surface area contributed by atoms with E-state index in [4.69, 9.17) is 4.74 Å². The number of hydrogen-bond acceptors (Lipinski definition) is 3. The van der Waals surface area contributed by atoms with Crippen molar-refractivity contribution in [2.24, 2.45) is 0 Å². The number of nitrogens with zero attached hydrogens (tertiary/aromatic N) is 1. The van der Waals surface area contributed by atoms with Gasteiger partial charge in [-0.25, -0.2) is 0 Å². The maximum absolute atomic E-state index is 13.3. The minimum absolute atomic E-state index is 0.273. The molecule has 21 heavy (non-hydrogen) atoms. The fraction of sp³-hybridized carbons (Fsp3) is 0.611. The van der Waals surface area contributed by atoms with Gasteiger partial charge in [-0.2, -0.15) is 0 Å². The number of methoxy groups -OCH3 is 1. The highest BCUT2D eigenvalue weighted by Gasteiger charge is 2.41. The van der Waals surface area contributed by atoms with Crippen LogP contribution in [0.3, 0.4) is 0 Å². The van der Waals surface area contributed by atoms with Crippen LogP contribution in [0.5, 0.6) is 5.75 Å². The second kappa shape index (κ2) is 6.61. The van der Waals surface area contributed by atoms with Gasteiger partial charge >= 0.3 is 0 Å². The number of Topliss-reactive ketones (excluding diaryl/α,β-unsaturated/α-hetero) is 1. The number of hydrogen-bond donors (Lipinski definition) is 0. The number of carbonyl (C=O) groups excluding carboxylic acids is 1. The summed E-state index contributed by atoms with van der Waals surface area (Å²) >= 11 is 0. The molecule has 1 saturated carbocycles. The molecule has 0 atom stereocenters. The molecular weight excluding hydrogens is 262 g/mol. The number of ketones is 1. The number of rotatable bonds is 4. The van der Waals surface area contributed by atoms with E-state index < -0.39 is 0 Å². The van der Waals surface area contributed by atoms with Gasteiger partial charge in [0.15, 0.2) is 5.78 Å². The maximum atomic E-state index is 13.3. The second-order valence-electron chi connectivity index (χ2n) is 6.35. The van der Waals surface area contributed by atoms with Crippen LogP contribution in [-0.4, -0.2) is 37.4 Å². The van der Waals surface area contributed by atoms with Crippen molar-refractivity contribution in [1.82, 2.24) is 4.90 Å². The van der Waals surface area contributed by atoms with Crippen LogP contribution in [0.15, 0.2) is 18.2 Å². The summed E-state index contributed by atoms with van der Waals surface area (Å²) in [6.07, 6.45) is 6.68. The van der Waals surface area contributed by atoms with Gasteiger partial charge in [0, 0.05) is 5.56 Å². The van der Waals surface area contributed by atoms with Gasteiger partial charge in [-0.15, -0.1) is 0 Å². The predicted molar refractivity (Wildman–Crippen MR) is 86.2 cm³/mol. The average molecular weight is 289 g/mol. The van der Waals surface area contributed by atoms with Crippen molar-refractivity contribution in [3.63, 3.8) is 0 Å². The standard InChI is InChI=1S/C18H27NO2/c1-14-13-15(21-4)9-10-16(14)17(20)18(19(2)3)11-7-5-6-8-12-18/h9-10,13H,5-8,11-12H2,1-4H3. The molecule has 0 unspecified atom stereocenters. The topological polar surface area (TPSA) is 29.5 Å². The zero-order valence-electron chi connectivity index (χ0n) is 13.7. The van der Waals surface area contributed by atoms with Crippen LogP contribution in [-0.2, 0) is 0 Å². The summed E-state index contributed by atoms with van der Waals surface area (Å²) in [6.45, 7) is 2.00. The molecule has 0 saturated heterocycles. The van der Waals surface area contributed by atoms with Crippen LogP contribution in [0.2, 0.25) is 0 Å². The Morgan fingerprint density at radius 2 is 1.76 bits per heavy atom. The third-order valence-corrected chi connectivity index (χ3v) is 4.89. The van der Waals surface area contributed by atoms with Gasteiger partial charge in [0.25, 0.3) is 0 Å². The summed E-state index contributed by atoms with van der Waals surface area (Å²) in [7, 11) is 5.74. The van der Waals surface area contributed by atoms with Gasteiger partial charge in [-0.3, -0.25) is 9.69 Å². The molecule has 3 nitrogen and oxygen atoms in total. The Balaban J connectivity index is 2.38. The zero-order valence-corrected chi connectivity index (χ0v) is 13.7. The quantitative estimate of drug-likeness (QED) is 0.623. The van der Waals surface area contributed by atoms with Crippen molar-refractivity contribution in [1.29, 1.82) is 0 Å². The van der Waals surface area contributed by atoms with Crippen LogP contribution in [0.4, 0.5) is 0 Å². The Morgan fingerprint density at radius 1 is 1.14 bits per heavy atom. The van der Waals surface area contributed by atoms with Gasteiger partial charge in [0.2, 0.25) is 0 Å². The molecule has 1 aromatic rings. The summed E-state index contributed by atoms with van der Waals surface area (Å²) in [5, 5.41) is 0. The van der Waals surface area contributed by atoms with Gasteiger partial charge in [-0.05, 0) is 57.6 Å². The molecular formula is C18H27NO2. The van der Waals surface area contributed by atoms with E-state index in [9.17, 15) is 4.79 Å². The number of likely N-dealkylation sites (N-methyl/N-ethyl adjacent to an activating group) is 1. The fourth-order valence-electron chi connectivity index (χ4n) is 3.46. The van der Waals surface area contributed by atoms with Crippen molar-refractivity contribution in [3.05, 3.63) is 29.3 Å². The number of aryl methyl sites for hydroxylation is 1. The molecule has 0 radical (unpaired) electrons. The van der Waals surface area contributed by atoms with E-state index in [1.165, 1.54) is 12.8 Å². The Morgan fingerprint density at radius 3 is 2.24 bits per heavy atom. The van der Waals surface area contributed by atoms with E-state index in [-0.39, 0.29) is 11.3 Å². The molecule has 0 spiro atoms. The number of ether oxygens (including phenoxy) is 1. The lowest BCUT2D eigenvalue weighted by Gasteiger charge is -2.38. The normalized spacial score (nSPS) is 18.3. The molecule has 1 fully saturated rings. The van der Waals surface area contributed by atoms with Crippen molar-refractivity contribution >= 4 is 5.78 Å². The third-order valence-electron chi connectivity index (χ3n) is 4.89. The Labute approximate surface area is 128 Å². The van der Waals surface area contributed by atoms with E-state index in [1.807, 2.05) is 39.2 Å². The van der Waals surface area contributed by atoms with E-state index in [0.717, 1.165) is 42.6 Å². The van der Waals surface area contributed by atoms with Gasteiger partial charge < -0.3 is 4.74 Å². The summed E-state index contributed by atoms with van der Waals surface area (Å²) in [4.78, 5) is 15.4. The SMILES string of the molecule is COc1ccc(C(=O)C2(N(C)C)CCCCCC2)c(C)c1. The van der Waals surface area contributed by atoms with Crippen LogP contribution in [0, 0.1) is 6.92 Å². The molecule has 0 aromatic heterocycles. The predicted octanol–water partition coefficient (Wildman–Crippen LogP) is 3.84. The molecule has 0 aliphatic heterocycles. The minimum Gasteiger partial charge on any atom is -0.497 e. The molecule has 116 valence electrons. The highest BCUT2D eigenvalue weighted by Crippen LogP contribution is 2.35. The molecule has 0 heterocycles. The summed E-state index contributed by atoms with van der Waals surface area (Å²) in [6, 6.07) is 5.76. The molecule has 1 aliphatic carbocycles. The second-order valence-corrected chi connectivity index (χ2v) is 6.35. The monoisotopic (exact) mass is 289 g/mol. The van der Waals surface area contributed by atoms with Crippen molar-refractivity contribution in [3.8, 4) is 5.75 Å². The first-order chi connectivity index (χ1) is 10.0. The molecule has 3 heteroatoms. The molecule has 2 rings (SSSR count). The number of benzene rings is 1. The fourth-order valence-corrected chi connectivity index (χ4v) is 3.46. The summed E-state index contributed by atoms with van der Waals surface area (Å²) in [5.41, 5.74) is 1.51. The zero-order chi connectivity index (χ0) is 15.5. The lowest BCUT2D eigenvalue weighted by atomic mass is 9.80. The smallest absolute Gasteiger partial charge is 0.183 e. The summed E-state index contributed by atoms with van der Waals surface area (Å²) in [5.74, 6) is 1.08. The first-order valence-electron chi connectivity index (χ1n) is 7.88. The van der Waals surface area contributed by atoms with Gasteiger partial charge in [-0.1, -0.05) is 25.7 Å². The Bertz CT molecular complexity index is 500. The minimum atomic E-state index is -0.337. The first kappa shape index (κ1) is 16.0. The van der Waals surface area contributed by atoms with Crippen molar-refractivity contribution < 1.29 is 9.53 Å². The molecule has 1 aliphatic rings. The van der Waals surface area contributed by atoms with Crippen LogP contribution in [0.1, 0.15) is 54.4 Å². The average Bonchev–Trinajstić information content (AvgIpc) is 2.73. The van der Waals surface area contributed by atoms with Crippen LogP contribution < -0.4 is 4.74 Å². The highest BCUT2D eigenvalue weighted by molar-refractivity contribution is 6.04. The largest absolute Gasteiger partial charge is 0.497 e. The van der Waals surface area contributed by atoms with Crippen molar-refractivity contribution in [2.75, 3.05) is 21.2 Å². The van der Waals surface area contributed by atoms with Crippen molar-refractivity contribution in [2.45, 2.75) is 51.0 Å². The maximum Gasteiger partial charge on any atom is 0.183 e. The van der Waals surface area contributed by atoms with E-state index in [2.05, 4.69) is 4.90 Å². The molecule has 0 bridgehead atoms. The molecule has 0 amide bonds. The molecule has 0 N–H and O–H groups in total. The van der Waals surface area contributed by atoms with E-state index in [0.29, 0.717) is 0 Å². The van der Waals surface area contributed by atoms with E-state index in [1.54, 1.807) is 7.11 Å². The van der Waals surface area contributed by atoms with Crippen LogP contribution in [0.25, 0.3) is 0 Å². The Kier molecular flexibility index (Phi) is 5.04. The summed E-state index contributed by atoms with van der Waals surface area (Å²) < 4.78 is 5.25. The van der Waals surface area contributed by atoms with E-state index >= 15 is 0 Å². The lowest BCUT2D eigenvalue weighted by Crippen LogP contribution is -2.51.